The van der Waals surface area contributed by atoms with Gasteiger partial charge in [0, 0.05) is 12.1 Å². The van der Waals surface area contributed by atoms with Gasteiger partial charge in [-0.1, -0.05) is 37.3 Å². The van der Waals surface area contributed by atoms with E-state index in [1.165, 1.54) is 12.8 Å². The van der Waals surface area contributed by atoms with E-state index in [4.69, 9.17) is 0 Å². The van der Waals surface area contributed by atoms with Crippen LogP contribution in [0.3, 0.4) is 0 Å². The maximum Gasteiger partial charge on any atom is 0.315 e. The molecule has 5 heteroatoms. The minimum Gasteiger partial charge on any atom is -0.394 e. The van der Waals surface area contributed by atoms with E-state index in [1.807, 2.05) is 30.3 Å². The van der Waals surface area contributed by atoms with Crippen LogP contribution >= 0.6 is 0 Å². The van der Waals surface area contributed by atoms with Crippen molar-refractivity contribution in [3.63, 3.8) is 0 Å². The highest BCUT2D eigenvalue weighted by molar-refractivity contribution is 5.74. The number of aliphatic hydroxyl groups excluding tert-OH is 1. The Hall–Kier alpha value is -1.59. The molecule has 0 spiro atoms. The molecule has 1 fully saturated rings. The average molecular weight is 348 g/mol. The summed E-state index contributed by atoms with van der Waals surface area (Å²) in [4.78, 5) is 14.7. The molecule has 1 aliphatic heterocycles. The fourth-order valence-corrected chi connectivity index (χ4v) is 3.32. The number of hydrogen-bond donors (Lipinski definition) is 3. The van der Waals surface area contributed by atoms with Crippen LogP contribution in [-0.4, -0.2) is 53.9 Å². The van der Waals surface area contributed by atoms with Crippen LogP contribution < -0.4 is 10.6 Å². The Labute approximate surface area is 151 Å². The van der Waals surface area contributed by atoms with Crippen molar-refractivity contribution in [2.24, 2.45) is 5.92 Å². The predicted molar refractivity (Wildman–Crippen MR) is 102 cm³/mol. The Morgan fingerprint density at radius 2 is 1.92 bits per heavy atom. The van der Waals surface area contributed by atoms with Crippen LogP contribution in [0.5, 0.6) is 0 Å². The highest BCUT2D eigenvalue weighted by atomic mass is 16.3. The monoisotopic (exact) mass is 347 g/mol. The molecule has 0 bridgehead atoms. The number of rotatable bonds is 7. The van der Waals surface area contributed by atoms with E-state index in [-0.39, 0.29) is 24.2 Å². The Morgan fingerprint density at radius 1 is 1.28 bits per heavy atom. The second-order valence-corrected chi connectivity index (χ2v) is 7.88. The SMILES string of the molecule is CC1CCN(C(C)(C)CNC(=O)N[C@H](CO)Cc2ccccc2)CC1. The first-order valence-electron chi connectivity index (χ1n) is 9.35. The molecular weight excluding hydrogens is 314 g/mol. The summed E-state index contributed by atoms with van der Waals surface area (Å²) in [5.74, 6) is 0.798. The summed E-state index contributed by atoms with van der Waals surface area (Å²) >= 11 is 0. The van der Waals surface area contributed by atoms with Crippen LogP contribution in [-0.2, 0) is 6.42 Å². The van der Waals surface area contributed by atoms with E-state index in [1.54, 1.807) is 0 Å². The van der Waals surface area contributed by atoms with E-state index < -0.39 is 0 Å². The van der Waals surface area contributed by atoms with Crippen molar-refractivity contribution in [2.45, 2.75) is 51.6 Å². The van der Waals surface area contributed by atoms with E-state index >= 15 is 0 Å². The molecule has 1 aliphatic rings. The smallest absolute Gasteiger partial charge is 0.315 e. The fourth-order valence-electron chi connectivity index (χ4n) is 3.32. The number of nitrogens with zero attached hydrogens (tertiary/aromatic N) is 1. The lowest BCUT2D eigenvalue weighted by molar-refractivity contribution is 0.0790. The van der Waals surface area contributed by atoms with Gasteiger partial charge >= 0.3 is 6.03 Å². The van der Waals surface area contributed by atoms with Crippen LogP contribution in [0.4, 0.5) is 4.79 Å². The third kappa shape index (κ3) is 6.33. The molecule has 1 saturated heterocycles. The van der Waals surface area contributed by atoms with Gasteiger partial charge in [-0.05, 0) is 57.7 Å². The van der Waals surface area contributed by atoms with Crippen molar-refractivity contribution in [3.05, 3.63) is 35.9 Å². The molecule has 2 rings (SSSR count). The van der Waals surface area contributed by atoms with E-state index in [0.717, 1.165) is 24.6 Å². The number of piperidine rings is 1. The van der Waals surface area contributed by atoms with Gasteiger partial charge in [0.2, 0.25) is 0 Å². The Balaban J connectivity index is 1.78. The number of benzene rings is 1. The molecule has 1 aromatic carbocycles. The first-order chi connectivity index (χ1) is 11.9. The Bertz CT molecular complexity index is 525. The lowest BCUT2D eigenvalue weighted by atomic mass is 9.93. The molecular formula is C20H33N3O2. The van der Waals surface area contributed by atoms with Gasteiger partial charge in [0.05, 0.1) is 12.6 Å². The molecule has 5 nitrogen and oxygen atoms in total. The van der Waals surface area contributed by atoms with Crippen LogP contribution in [0, 0.1) is 5.92 Å². The molecule has 1 aromatic rings. The summed E-state index contributed by atoms with van der Waals surface area (Å²) in [6, 6.07) is 9.40. The van der Waals surface area contributed by atoms with Crippen molar-refractivity contribution < 1.29 is 9.90 Å². The summed E-state index contributed by atoms with van der Waals surface area (Å²) in [6.45, 7) is 9.35. The van der Waals surface area contributed by atoms with Gasteiger partial charge in [-0.15, -0.1) is 0 Å². The van der Waals surface area contributed by atoms with Crippen molar-refractivity contribution in [3.8, 4) is 0 Å². The second kappa shape index (κ2) is 9.20. The number of hydrogen-bond acceptors (Lipinski definition) is 3. The Kier molecular flexibility index (Phi) is 7.26. The van der Waals surface area contributed by atoms with Gasteiger partial charge in [-0.2, -0.15) is 0 Å². The maximum atomic E-state index is 12.2. The molecule has 140 valence electrons. The van der Waals surface area contributed by atoms with Crippen LogP contribution in [0.15, 0.2) is 30.3 Å². The minimum absolute atomic E-state index is 0.0639. The molecule has 0 aromatic heterocycles. The molecule has 0 radical (unpaired) electrons. The van der Waals surface area contributed by atoms with Crippen molar-refractivity contribution in [1.82, 2.24) is 15.5 Å². The first kappa shape index (κ1) is 19.7. The van der Waals surface area contributed by atoms with Crippen LogP contribution in [0.25, 0.3) is 0 Å². The third-order valence-electron chi connectivity index (χ3n) is 5.20. The van der Waals surface area contributed by atoms with Gasteiger partial charge < -0.3 is 15.7 Å². The van der Waals surface area contributed by atoms with Crippen molar-refractivity contribution >= 4 is 6.03 Å². The zero-order chi connectivity index (χ0) is 18.3. The lowest BCUT2D eigenvalue weighted by Crippen LogP contribution is -2.56. The summed E-state index contributed by atoms with van der Waals surface area (Å²) in [5.41, 5.74) is 1.04. The maximum absolute atomic E-state index is 12.2. The van der Waals surface area contributed by atoms with E-state index in [9.17, 15) is 9.90 Å². The molecule has 3 N–H and O–H groups in total. The quantitative estimate of drug-likeness (QED) is 0.710. The third-order valence-corrected chi connectivity index (χ3v) is 5.20. The van der Waals surface area contributed by atoms with Gasteiger partial charge in [-0.3, -0.25) is 4.90 Å². The normalized spacial score (nSPS) is 17.9. The van der Waals surface area contributed by atoms with Gasteiger partial charge in [0.25, 0.3) is 0 Å². The zero-order valence-corrected chi connectivity index (χ0v) is 15.8. The molecule has 1 atom stereocenters. The summed E-state index contributed by atoms with van der Waals surface area (Å²) in [5, 5.41) is 15.4. The number of likely N-dealkylation sites (tertiary alicyclic amines) is 1. The summed E-state index contributed by atoms with van der Waals surface area (Å²) < 4.78 is 0. The number of urea groups is 1. The molecule has 0 saturated carbocycles. The van der Waals surface area contributed by atoms with E-state index in [2.05, 4.69) is 36.3 Å². The fraction of sp³-hybridized carbons (Fsp3) is 0.650. The zero-order valence-electron chi connectivity index (χ0n) is 15.8. The van der Waals surface area contributed by atoms with Gasteiger partial charge in [0.1, 0.15) is 0 Å². The number of aliphatic hydroxyl groups is 1. The largest absolute Gasteiger partial charge is 0.394 e. The predicted octanol–water partition coefficient (Wildman–Crippen LogP) is 2.40. The number of carbonyl (C=O) groups excluding carboxylic acids is 1. The Morgan fingerprint density at radius 3 is 2.52 bits per heavy atom. The number of amides is 2. The molecule has 1 heterocycles. The minimum atomic E-state index is -0.277. The summed E-state index contributed by atoms with van der Waals surface area (Å²) in [7, 11) is 0. The topological polar surface area (TPSA) is 64.6 Å². The average Bonchev–Trinajstić information content (AvgIpc) is 2.61. The second-order valence-electron chi connectivity index (χ2n) is 7.88. The molecule has 0 unspecified atom stereocenters. The number of carbonyl (C=O) groups is 1. The molecule has 2 amide bonds. The molecule has 0 aliphatic carbocycles. The van der Waals surface area contributed by atoms with E-state index in [0.29, 0.717) is 13.0 Å². The van der Waals surface area contributed by atoms with Crippen molar-refractivity contribution in [2.75, 3.05) is 26.2 Å². The summed E-state index contributed by atoms with van der Waals surface area (Å²) in [6.07, 6.45) is 3.07. The van der Waals surface area contributed by atoms with Crippen LogP contribution in [0.1, 0.15) is 39.2 Å². The standard InChI is InChI=1S/C20H33N3O2/c1-16-9-11-23(12-10-16)20(2,3)15-21-19(25)22-18(14-24)13-17-7-5-4-6-8-17/h4-8,16,18,24H,9-15H2,1-3H3,(H2,21,22,25)/t18-/m0/s1. The van der Waals surface area contributed by atoms with Gasteiger partial charge in [0.15, 0.2) is 0 Å². The molecule has 25 heavy (non-hydrogen) atoms. The highest BCUT2D eigenvalue weighted by Gasteiger charge is 2.30. The first-order valence-corrected chi connectivity index (χ1v) is 9.35. The van der Waals surface area contributed by atoms with Crippen molar-refractivity contribution in [1.29, 1.82) is 0 Å². The highest BCUT2D eigenvalue weighted by Crippen LogP contribution is 2.23. The van der Waals surface area contributed by atoms with Gasteiger partial charge in [-0.25, -0.2) is 4.79 Å². The van der Waals surface area contributed by atoms with Crippen LogP contribution in [0.2, 0.25) is 0 Å². The lowest BCUT2D eigenvalue weighted by Gasteiger charge is -2.42. The number of nitrogens with one attached hydrogen (secondary N) is 2.